The summed E-state index contributed by atoms with van der Waals surface area (Å²) in [6, 6.07) is 12.5. The summed E-state index contributed by atoms with van der Waals surface area (Å²) in [4.78, 5) is 26.1. The van der Waals surface area contributed by atoms with Crippen LogP contribution in [-0.2, 0) is 21.1 Å². The van der Waals surface area contributed by atoms with E-state index in [1.165, 1.54) is 24.3 Å². The monoisotopic (exact) mass is 468 g/mol. The molecule has 0 radical (unpaired) electrons. The molecule has 1 aliphatic heterocycles. The van der Waals surface area contributed by atoms with E-state index in [4.69, 9.17) is 0 Å². The standard InChI is InChI=1S/C25H25FN2O4S/c1-25(2,14-15-8-10-16(26)11-9-15)28-24(30)19-12-21-18(13-22(19)33(3,31)32)23(29)17-6-4-5-7-20(17)27-21/h4-13,18,21,27H,14H2,1-3H3,(H,28,30). The lowest BCUT2D eigenvalue weighted by Gasteiger charge is -2.34. The van der Waals surface area contributed by atoms with Crippen LogP contribution in [0.15, 0.2) is 71.2 Å². The third kappa shape index (κ3) is 4.75. The van der Waals surface area contributed by atoms with E-state index in [0.717, 1.165) is 11.8 Å². The van der Waals surface area contributed by atoms with Gasteiger partial charge in [-0.1, -0.05) is 30.3 Å². The second kappa shape index (κ2) is 8.26. The number of halogens is 1. The quantitative estimate of drug-likeness (QED) is 0.702. The number of hydrogen-bond acceptors (Lipinski definition) is 5. The SMILES string of the molecule is CC(C)(Cc1ccc(F)cc1)NC(=O)C1=CC2Nc3ccccc3C(=O)C2C=C1S(C)(=O)=O. The summed E-state index contributed by atoms with van der Waals surface area (Å²) < 4.78 is 38.3. The Kier molecular flexibility index (Phi) is 5.74. The van der Waals surface area contributed by atoms with Crippen molar-refractivity contribution in [3.8, 4) is 0 Å². The van der Waals surface area contributed by atoms with E-state index in [1.807, 2.05) is 13.8 Å². The number of benzene rings is 2. The van der Waals surface area contributed by atoms with E-state index in [0.29, 0.717) is 17.7 Å². The second-order valence-corrected chi connectivity index (χ2v) is 11.1. The molecule has 2 aromatic carbocycles. The number of nitrogens with one attached hydrogen (secondary N) is 2. The molecule has 6 nitrogen and oxygen atoms in total. The topological polar surface area (TPSA) is 92.3 Å². The molecule has 2 N–H and O–H groups in total. The Morgan fingerprint density at radius 2 is 1.76 bits per heavy atom. The molecule has 1 amide bonds. The molecule has 2 aromatic rings. The smallest absolute Gasteiger partial charge is 0.252 e. The number of fused-ring (bicyclic) bond motifs is 2. The molecule has 33 heavy (non-hydrogen) atoms. The molecule has 0 fully saturated rings. The molecule has 0 saturated heterocycles. The Bertz CT molecular complexity index is 1290. The Balaban J connectivity index is 1.64. The van der Waals surface area contributed by atoms with E-state index in [1.54, 1.807) is 36.4 Å². The maximum absolute atomic E-state index is 13.3. The van der Waals surface area contributed by atoms with Gasteiger partial charge >= 0.3 is 0 Å². The lowest BCUT2D eigenvalue weighted by atomic mass is 9.81. The zero-order valence-electron chi connectivity index (χ0n) is 18.6. The average molecular weight is 469 g/mol. The van der Waals surface area contributed by atoms with Crippen molar-refractivity contribution in [3.63, 3.8) is 0 Å². The molecule has 0 spiro atoms. The van der Waals surface area contributed by atoms with Crippen molar-refractivity contribution in [2.75, 3.05) is 11.6 Å². The van der Waals surface area contributed by atoms with Gasteiger partial charge in [0.1, 0.15) is 5.82 Å². The highest BCUT2D eigenvalue weighted by molar-refractivity contribution is 7.94. The largest absolute Gasteiger partial charge is 0.377 e. The normalized spacial score (nSPS) is 20.1. The van der Waals surface area contributed by atoms with Crippen molar-refractivity contribution in [1.29, 1.82) is 0 Å². The highest BCUT2D eigenvalue weighted by Crippen LogP contribution is 2.36. The zero-order chi connectivity index (χ0) is 24.0. The fourth-order valence-electron chi connectivity index (χ4n) is 4.32. The summed E-state index contributed by atoms with van der Waals surface area (Å²) >= 11 is 0. The van der Waals surface area contributed by atoms with Crippen molar-refractivity contribution >= 4 is 27.2 Å². The van der Waals surface area contributed by atoms with Gasteiger partial charge in [0.15, 0.2) is 15.6 Å². The van der Waals surface area contributed by atoms with Gasteiger partial charge in [0.2, 0.25) is 0 Å². The van der Waals surface area contributed by atoms with Gasteiger partial charge in [-0.25, -0.2) is 12.8 Å². The van der Waals surface area contributed by atoms with E-state index >= 15 is 0 Å². The van der Waals surface area contributed by atoms with Gasteiger partial charge in [-0.15, -0.1) is 0 Å². The Hall–Kier alpha value is -3.26. The lowest BCUT2D eigenvalue weighted by molar-refractivity contribution is -0.118. The third-order valence-electron chi connectivity index (χ3n) is 5.80. The van der Waals surface area contributed by atoms with Gasteiger partial charge < -0.3 is 10.6 Å². The second-order valence-electron chi connectivity index (χ2n) is 9.13. The summed E-state index contributed by atoms with van der Waals surface area (Å²) in [7, 11) is -3.78. The van der Waals surface area contributed by atoms with Crippen molar-refractivity contribution in [2.24, 2.45) is 5.92 Å². The molecule has 4 rings (SSSR count). The number of Topliss-reactive ketones (excluding diaryl/α,β-unsaturated/α-hetero) is 1. The van der Waals surface area contributed by atoms with Crippen molar-refractivity contribution in [1.82, 2.24) is 5.32 Å². The van der Waals surface area contributed by atoms with Gasteiger partial charge in [-0.3, -0.25) is 9.59 Å². The predicted octanol–water partition coefficient (Wildman–Crippen LogP) is 3.42. The van der Waals surface area contributed by atoms with Crippen LogP contribution in [0.4, 0.5) is 10.1 Å². The van der Waals surface area contributed by atoms with E-state index in [9.17, 15) is 22.4 Å². The molecule has 0 saturated carbocycles. The first-order valence-corrected chi connectivity index (χ1v) is 12.4. The molecule has 2 aliphatic rings. The molecule has 172 valence electrons. The van der Waals surface area contributed by atoms with Gasteiger partial charge in [-0.05, 0) is 56.2 Å². The van der Waals surface area contributed by atoms with Gasteiger partial charge in [0.05, 0.1) is 22.4 Å². The highest BCUT2D eigenvalue weighted by atomic mass is 32.2. The minimum absolute atomic E-state index is 0.00520. The number of rotatable bonds is 5. The summed E-state index contributed by atoms with van der Waals surface area (Å²) in [5.41, 5.74) is 1.23. The number of anilines is 1. The Labute approximate surface area is 192 Å². The third-order valence-corrected chi connectivity index (χ3v) is 6.96. The van der Waals surface area contributed by atoms with Crippen molar-refractivity contribution < 1.29 is 22.4 Å². The van der Waals surface area contributed by atoms with Crippen LogP contribution in [0.2, 0.25) is 0 Å². The van der Waals surface area contributed by atoms with Crippen LogP contribution >= 0.6 is 0 Å². The van der Waals surface area contributed by atoms with Crippen LogP contribution in [-0.4, -0.2) is 37.9 Å². The lowest BCUT2D eigenvalue weighted by Crippen LogP contribution is -2.47. The first kappa shape index (κ1) is 22.9. The molecule has 1 aliphatic carbocycles. The Morgan fingerprint density at radius 3 is 2.42 bits per heavy atom. The zero-order valence-corrected chi connectivity index (χ0v) is 19.4. The molecule has 0 aromatic heterocycles. The number of carbonyl (C=O) groups is 2. The molecule has 2 unspecified atom stereocenters. The number of ketones is 1. The van der Waals surface area contributed by atoms with Crippen LogP contribution in [0.25, 0.3) is 0 Å². The number of sulfone groups is 1. The first-order valence-electron chi connectivity index (χ1n) is 10.6. The molecule has 2 atom stereocenters. The van der Waals surface area contributed by atoms with Crippen LogP contribution < -0.4 is 10.6 Å². The van der Waals surface area contributed by atoms with Crippen LogP contribution in [0.1, 0.15) is 29.8 Å². The van der Waals surface area contributed by atoms with Gasteiger partial charge in [0, 0.05) is 23.0 Å². The molecule has 8 heteroatoms. The van der Waals surface area contributed by atoms with E-state index in [2.05, 4.69) is 10.6 Å². The number of carbonyl (C=O) groups excluding carboxylic acids is 2. The van der Waals surface area contributed by atoms with E-state index < -0.39 is 33.2 Å². The fourth-order valence-corrected chi connectivity index (χ4v) is 5.27. The molecule has 0 bridgehead atoms. The minimum Gasteiger partial charge on any atom is -0.377 e. The van der Waals surface area contributed by atoms with Crippen molar-refractivity contribution in [3.05, 3.63) is 88.1 Å². The van der Waals surface area contributed by atoms with Crippen LogP contribution in [0.3, 0.4) is 0 Å². The van der Waals surface area contributed by atoms with Gasteiger partial charge in [0.25, 0.3) is 5.91 Å². The van der Waals surface area contributed by atoms with Crippen LogP contribution in [0.5, 0.6) is 0 Å². The molecular formula is C25H25FN2O4S. The summed E-state index contributed by atoms with van der Waals surface area (Å²) in [5, 5.41) is 6.14. The minimum atomic E-state index is -3.78. The number of para-hydroxylation sites is 1. The van der Waals surface area contributed by atoms with Gasteiger partial charge in [-0.2, -0.15) is 0 Å². The number of hydrogen-bond donors (Lipinski definition) is 2. The summed E-state index contributed by atoms with van der Waals surface area (Å²) in [6.07, 6.45) is 4.35. The summed E-state index contributed by atoms with van der Waals surface area (Å²) in [6.45, 7) is 3.62. The predicted molar refractivity (Wildman–Crippen MR) is 125 cm³/mol. The maximum Gasteiger partial charge on any atom is 0.252 e. The number of amides is 1. The highest BCUT2D eigenvalue weighted by Gasteiger charge is 2.40. The van der Waals surface area contributed by atoms with E-state index in [-0.39, 0.29) is 22.1 Å². The first-order chi connectivity index (χ1) is 15.4. The summed E-state index contributed by atoms with van der Waals surface area (Å²) in [5.74, 6) is -1.82. The Morgan fingerprint density at radius 1 is 1.09 bits per heavy atom. The van der Waals surface area contributed by atoms with Crippen molar-refractivity contribution in [2.45, 2.75) is 31.8 Å². The van der Waals surface area contributed by atoms with Crippen LogP contribution in [0, 0.1) is 11.7 Å². The average Bonchev–Trinajstić information content (AvgIpc) is 2.73. The fraction of sp³-hybridized carbons (Fsp3) is 0.280. The maximum atomic E-state index is 13.3. The molecular weight excluding hydrogens is 443 g/mol. The molecule has 1 heterocycles.